The number of carbonyl (C=O) groups is 7. The van der Waals surface area contributed by atoms with Crippen molar-refractivity contribution in [2.75, 3.05) is 79.0 Å². The number of aromatic nitrogens is 10. The number of aromatic carboxylic acids is 2. The summed E-state index contributed by atoms with van der Waals surface area (Å²) in [5, 5.41) is 51.2. The van der Waals surface area contributed by atoms with Gasteiger partial charge in [-0.1, -0.05) is 143 Å². The van der Waals surface area contributed by atoms with Crippen LogP contribution in [0.3, 0.4) is 0 Å². The van der Waals surface area contributed by atoms with Crippen molar-refractivity contribution in [3.8, 4) is 0 Å². The van der Waals surface area contributed by atoms with Crippen molar-refractivity contribution in [1.82, 2.24) is 59.5 Å². The smallest absolute Gasteiger partial charge is 0.436 e. The van der Waals surface area contributed by atoms with Gasteiger partial charge in [0.05, 0.1) is 100 Å². The van der Waals surface area contributed by atoms with E-state index in [0.29, 0.717) is 118 Å². The summed E-state index contributed by atoms with van der Waals surface area (Å²) in [5.41, 5.74) is 9.22. The van der Waals surface area contributed by atoms with Gasteiger partial charge in [-0.25, -0.2) is 47.4 Å². The lowest BCUT2D eigenvalue weighted by Crippen LogP contribution is -2.29. The second-order valence-electron chi connectivity index (χ2n) is 28.5. The summed E-state index contributed by atoms with van der Waals surface area (Å²) in [5.74, 6) is -0.910. The van der Waals surface area contributed by atoms with Crippen molar-refractivity contribution in [2.45, 2.75) is 119 Å². The summed E-state index contributed by atoms with van der Waals surface area (Å²) < 4.78 is 60.2. The highest BCUT2D eigenvalue weighted by Gasteiger charge is 2.43. The SMILES string of the molecule is COC(=O)c1c(C(F)(F)F)nn2c1NCC2.COC(=O)c1c(C)nn2c1N(Cc1ccccc1Cl)CC2.COC(=O)c1ccc([C@H](C)NC(=O)c2c(C)nn3c2N(Cc2ccccc2Cl)CC3)cc1.Cc1nn2c(c1C(=O)N[C@@H](C)c1ccc(C(=O)O)cc1)N(Cc1ccccc1Cl)CC2.Cc1nn2c(c1C(=O)O)N(Cc1ccccc1Cl)CC2. The first-order valence-electron chi connectivity index (χ1n) is 38.1. The Bertz CT molecular complexity index is 5670. The molecular weight excluding hydrogens is 1640 g/mol. The number of aryl methyl sites for hydroxylation is 4. The lowest BCUT2D eigenvalue weighted by Gasteiger charge is -2.21. The van der Waals surface area contributed by atoms with E-state index in [1.165, 1.54) is 26.4 Å². The molecule has 120 heavy (non-hydrogen) atoms. The van der Waals surface area contributed by atoms with Crippen LogP contribution >= 0.6 is 46.4 Å². The second-order valence-corrected chi connectivity index (χ2v) is 30.1. The zero-order valence-corrected chi connectivity index (χ0v) is 69.8. The number of benzene rings is 6. The molecule has 11 aromatic rings. The Balaban J connectivity index is 0.000000141. The van der Waals surface area contributed by atoms with E-state index in [-0.39, 0.29) is 46.8 Å². The molecule has 628 valence electrons. The molecule has 2 atom stereocenters. The van der Waals surface area contributed by atoms with Crippen molar-refractivity contribution in [1.29, 1.82) is 0 Å². The first-order valence-corrected chi connectivity index (χ1v) is 39.6. The number of alkyl halides is 3. The molecule has 2 amide bonds. The molecule has 5 aliphatic heterocycles. The van der Waals surface area contributed by atoms with E-state index >= 15 is 0 Å². The van der Waals surface area contributed by atoms with Crippen LogP contribution < -0.4 is 35.6 Å². The number of fused-ring (bicyclic) bond motifs is 5. The molecule has 16 rings (SSSR count). The van der Waals surface area contributed by atoms with Crippen LogP contribution in [-0.4, -0.2) is 155 Å². The highest BCUT2D eigenvalue weighted by molar-refractivity contribution is 6.32. The molecule has 5 aliphatic rings. The van der Waals surface area contributed by atoms with Crippen molar-refractivity contribution >= 4 is 117 Å². The highest BCUT2D eigenvalue weighted by atomic mass is 35.5. The third-order valence-electron chi connectivity index (χ3n) is 20.7. The number of nitrogens with one attached hydrogen (secondary N) is 3. The lowest BCUT2D eigenvalue weighted by atomic mass is 10.1. The van der Waals surface area contributed by atoms with E-state index < -0.39 is 41.3 Å². The molecule has 0 saturated heterocycles. The number of hydrogen-bond acceptors (Lipinski definition) is 20. The van der Waals surface area contributed by atoms with Crippen LogP contribution in [0, 0.1) is 27.7 Å². The van der Waals surface area contributed by atoms with Crippen molar-refractivity contribution in [3.63, 3.8) is 0 Å². The quantitative estimate of drug-likeness (QED) is 0.0371. The maximum atomic E-state index is 13.3. The van der Waals surface area contributed by atoms with Gasteiger partial charge in [-0.2, -0.15) is 38.7 Å². The largest absolute Gasteiger partial charge is 0.478 e. The van der Waals surface area contributed by atoms with Crippen LogP contribution in [0.1, 0.15) is 160 Å². The van der Waals surface area contributed by atoms with E-state index in [1.54, 1.807) is 35.9 Å². The number of ether oxygens (including phenoxy) is 3. The molecule has 0 fully saturated rings. The first kappa shape index (κ1) is 86.9. The van der Waals surface area contributed by atoms with Crippen LogP contribution in [0.15, 0.2) is 146 Å². The number of esters is 3. The van der Waals surface area contributed by atoms with Gasteiger partial charge in [-0.05, 0) is 123 Å². The molecule has 0 bridgehead atoms. The summed E-state index contributed by atoms with van der Waals surface area (Å²) in [6, 6.07) is 43.7. The minimum Gasteiger partial charge on any atom is -0.478 e. The normalized spacial score (nSPS) is 13.7. The van der Waals surface area contributed by atoms with Crippen LogP contribution in [0.5, 0.6) is 0 Å². The molecule has 0 radical (unpaired) electrons. The summed E-state index contributed by atoms with van der Waals surface area (Å²) in [4.78, 5) is 92.2. The van der Waals surface area contributed by atoms with E-state index in [9.17, 15) is 51.8 Å². The zero-order chi connectivity index (χ0) is 86.1. The Kier molecular flexibility index (Phi) is 27.3. The second kappa shape index (κ2) is 37.7. The van der Waals surface area contributed by atoms with Gasteiger partial charge >= 0.3 is 36.0 Å². The summed E-state index contributed by atoms with van der Waals surface area (Å²) in [6.07, 6.45) is -4.66. The number of anilines is 5. The number of rotatable bonds is 19. The van der Waals surface area contributed by atoms with E-state index in [1.807, 2.05) is 163 Å². The molecule has 5 N–H and O–H groups in total. The van der Waals surface area contributed by atoms with Crippen LogP contribution in [0.2, 0.25) is 20.1 Å². The monoisotopic (exact) mass is 1720 g/mol. The number of carbonyl (C=O) groups excluding carboxylic acids is 5. The molecule has 0 aliphatic carbocycles. The molecular formula is C84H86Cl4F3N17O12. The predicted molar refractivity (Wildman–Crippen MR) is 446 cm³/mol. The molecule has 5 aromatic heterocycles. The van der Waals surface area contributed by atoms with E-state index in [2.05, 4.69) is 60.9 Å². The van der Waals surface area contributed by atoms with Gasteiger partial charge in [0.2, 0.25) is 0 Å². The average Bonchev–Trinajstić information content (AvgIpc) is 1.64. The van der Waals surface area contributed by atoms with Crippen LogP contribution in [-0.2, 0) is 79.3 Å². The fourth-order valence-corrected chi connectivity index (χ4v) is 15.5. The fourth-order valence-electron chi connectivity index (χ4n) is 14.8. The molecule has 10 heterocycles. The number of halogens is 7. The molecule has 29 nitrogen and oxygen atoms in total. The highest BCUT2D eigenvalue weighted by Crippen LogP contribution is 2.39. The van der Waals surface area contributed by atoms with Crippen molar-refractivity contribution < 1.29 is 71.2 Å². The fraction of sp³-hybridized carbons (Fsp3) is 0.310. The average molecular weight is 1720 g/mol. The Morgan fingerprint density at radius 2 is 0.725 bits per heavy atom. The standard InChI is InChI=1S/C24H25ClN4O3.C23H23ClN4O3.C15H16ClN3O2.C14H14ClN3O2.C8H8F3N3O2/c1-15(17-8-10-18(11-9-17)24(31)32-3)26-22(30)21-16(2)27-29-13-12-28(23(21)29)14-19-6-4-5-7-20(19)25;1-14(16-7-9-17(10-8-16)23(30)31)25-21(29)20-15(2)26-28-12-11-27(22(20)28)13-18-5-3-4-6-19(18)24;1-10-13(15(20)21-2)14-18(7-8-19(14)17-10)9-11-5-3-4-6-12(11)16;1-9-12(14(19)20)13-17(6-7-18(13)16-9)8-10-4-2-3-5-11(10)15;1-16-7(15)4-5(8(9,10)11)13-14-3-2-12-6(4)14/h4-11,15H,12-14H2,1-3H3,(H,26,30);3-10,14H,11-13H2,1-2H3,(H,25,29)(H,30,31);3-6H,7-9H2,1-2H3;2-5H,6-8H2,1H3,(H,19,20);12H,2-3H2,1H3/t15-;14-;;;/m00.../s1. The number of carboxylic acids is 2. The summed E-state index contributed by atoms with van der Waals surface area (Å²) in [6.45, 7) is 20.2. The van der Waals surface area contributed by atoms with Crippen molar-refractivity contribution in [3.05, 3.63) is 266 Å². The minimum absolute atomic E-state index is 0.0687. The molecule has 6 aromatic carbocycles. The first-order chi connectivity index (χ1) is 57.4. The lowest BCUT2D eigenvalue weighted by molar-refractivity contribution is -0.142. The molecule has 0 saturated carbocycles. The van der Waals surface area contributed by atoms with E-state index in [4.69, 9.17) is 61.0 Å². The van der Waals surface area contributed by atoms with E-state index in [0.717, 1.165) is 107 Å². The van der Waals surface area contributed by atoms with Gasteiger partial charge < -0.3 is 60.0 Å². The van der Waals surface area contributed by atoms with Gasteiger partial charge in [0, 0.05) is 79.0 Å². The van der Waals surface area contributed by atoms with Crippen LogP contribution in [0.4, 0.5) is 42.3 Å². The Morgan fingerprint density at radius 3 is 1.06 bits per heavy atom. The summed E-state index contributed by atoms with van der Waals surface area (Å²) >= 11 is 25.1. The third-order valence-corrected chi connectivity index (χ3v) is 22.1. The number of carboxylic acid groups (broad SMARTS) is 2. The van der Waals surface area contributed by atoms with Gasteiger partial charge in [0.25, 0.3) is 11.8 Å². The molecule has 0 spiro atoms. The predicted octanol–water partition coefficient (Wildman–Crippen LogP) is 14.5. The van der Waals surface area contributed by atoms with Gasteiger partial charge in [0.1, 0.15) is 56.9 Å². The van der Waals surface area contributed by atoms with Gasteiger partial charge in [-0.15, -0.1) is 0 Å². The minimum atomic E-state index is -4.66. The molecule has 36 heteroatoms. The maximum Gasteiger partial charge on any atom is 0.436 e. The van der Waals surface area contributed by atoms with Crippen molar-refractivity contribution in [2.24, 2.45) is 0 Å². The molecule has 0 unspecified atom stereocenters. The Morgan fingerprint density at radius 1 is 0.408 bits per heavy atom. The zero-order valence-electron chi connectivity index (χ0n) is 66.8. The third kappa shape index (κ3) is 19.2. The summed E-state index contributed by atoms with van der Waals surface area (Å²) in [7, 11) is 3.77. The number of hydrogen-bond donors (Lipinski definition) is 5. The Labute approximate surface area is 708 Å². The number of nitrogens with zero attached hydrogens (tertiary/aromatic N) is 14. The van der Waals surface area contributed by atoms with Crippen LogP contribution in [0.25, 0.3) is 0 Å². The van der Waals surface area contributed by atoms with Gasteiger partial charge in [0.15, 0.2) is 5.69 Å². The number of amides is 2. The van der Waals surface area contributed by atoms with Gasteiger partial charge in [-0.3, -0.25) is 9.59 Å². The number of methoxy groups -OCH3 is 3. The topological polar surface area (TPSA) is 326 Å². The maximum absolute atomic E-state index is 13.3. The Hall–Kier alpha value is -12.4.